The zero-order chi connectivity index (χ0) is 19.3. The topological polar surface area (TPSA) is 73.6 Å². The van der Waals surface area contributed by atoms with Crippen LogP contribution in [0, 0.1) is 0 Å². The number of ether oxygens (including phenoxy) is 2. The van der Waals surface area contributed by atoms with Crippen molar-refractivity contribution >= 4 is 11.6 Å². The molecular formula is C19H25ClN2O4. The van der Waals surface area contributed by atoms with Crippen LogP contribution in [0.2, 0.25) is 5.02 Å². The van der Waals surface area contributed by atoms with E-state index in [1.165, 1.54) is 10.9 Å². The van der Waals surface area contributed by atoms with Crippen molar-refractivity contribution < 1.29 is 14.6 Å². The van der Waals surface area contributed by atoms with Gasteiger partial charge in [-0.1, -0.05) is 35.9 Å². The molecule has 0 bridgehead atoms. The molecule has 7 heteroatoms. The Kier molecular flexibility index (Phi) is 6.81. The predicted molar refractivity (Wildman–Crippen MR) is 101 cm³/mol. The standard InChI is InChI=1S/C19H25ClN2O4/c1-13(25-10-9-23)15-7-5-14(6-8-15)12-26-16-11-21-22(19(2,3)4)18(24)17(16)20/h5-8,11,13,23H,9-10,12H2,1-4H3. The van der Waals surface area contributed by atoms with Crippen LogP contribution >= 0.6 is 11.6 Å². The van der Waals surface area contributed by atoms with E-state index >= 15 is 0 Å². The number of nitrogens with zero attached hydrogens (tertiary/aromatic N) is 2. The smallest absolute Gasteiger partial charge is 0.289 e. The number of aliphatic hydroxyl groups is 1. The number of hydrogen-bond acceptors (Lipinski definition) is 5. The second kappa shape index (κ2) is 8.66. The second-order valence-corrected chi connectivity index (χ2v) is 7.36. The van der Waals surface area contributed by atoms with Crippen LogP contribution in [0.4, 0.5) is 0 Å². The van der Waals surface area contributed by atoms with Gasteiger partial charge in [-0.05, 0) is 38.8 Å². The van der Waals surface area contributed by atoms with E-state index < -0.39 is 5.54 Å². The van der Waals surface area contributed by atoms with Crippen molar-refractivity contribution in [3.63, 3.8) is 0 Å². The fourth-order valence-electron chi connectivity index (χ4n) is 2.37. The number of aromatic nitrogens is 2. The first-order valence-electron chi connectivity index (χ1n) is 8.46. The second-order valence-electron chi connectivity index (χ2n) is 6.98. The molecule has 26 heavy (non-hydrogen) atoms. The average Bonchev–Trinajstić information content (AvgIpc) is 2.60. The van der Waals surface area contributed by atoms with Gasteiger partial charge in [0.1, 0.15) is 6.61 Å². The third kappa shape index (κ3) is 5.06. The highest BCUT2D eigenvalue weighted by Gasteiger charge is 2.20. The van der Waals surface area contributed by atoms with Crippen molar-refractivity contribution in [3.8, 4) is 5.75 Å². The maximum atomic E-state index is 12.3. The Labute approximate surface area is 158 Å². The van der Waals surface area contributed by atoms with Crippen LogP contribution in [-0.4, -0.2) is 28.1 Å². The number of halogens is 1. The Hall–Kier alpha value is -1.89. The molecule has 2 aromatic rings. The maximum absolute atomic E-state index is 12.3. The van der Waals surface area contributed by atoms with Crippen LogP contribution in [-0.2, 0) is 16.9 Å². The number of aliphatic hydroxyl groups excluding tert-OH is 1. The lowest BCUT2D eigenvalue weighted by molar-refractivity contribution is 0.0385. The van der Waals surface area contributed by atoms with Gasteiger partial charge in [-0.25, -0.2) is 4.68 Å². The van der Waals surface area contributed by atoms with Crippen LogP contribution in [0.1, 0.15) is 44.9 Å². The van der Waals surface area contributed by atoms with Gasteiger partial charge in [0, 0.05) is 0 Å². The minimum atomic E-state index is -0.454. The normalized spacial score (nSPS) is 12.8. The molecule has 0 aliphatic heterocycles. The molecule has 1 N–H and O–H groups in total. The van der Waals surface area contributed by atoms with Crippen molar-refractivity contribution in [3.05, 3.63) is 57.0 Å². The van der Waals surface area contributed by atoms with Crippen molar-refractivity contribution in [2.45, 2.75) is 45.9 Å². The van der Waals surface area contributed by atoms with Crippen LogP contribution in [0.15, 0.2) is 35.3 Å². The molecule has 0 aliphatic rings. The Morgan fingerprint density at radius 2 is 1.92 bits per heavy atom. The molecule has 0 amide bonds. The SMILES string of the molecule is CC(OCCO)c1ccc(COc2cnn(C(C)(C)C)c(=O)c2Cl)cc1. The molecular weight excluding hydrogens is 356 g/mol. The Balaban J connectivity index is 2.05. The zero-order valence-electron chi connectivity index (χ0n) is 15.5. The van der Waals surface area contributed by atoms with E-state index in [2.05, 4.69) is 5.10 Å². The van der Waals surface area contributed by atoms with E-state index in [0.717, 1.165) is 11.1 Å². The third-order valence-electron chi connectivity index (χ3n) is 3.82. The summed E-state index contributed by atoms with van der Waals surface area (Å²) in [5.74, 6) is 0.265. The lowest BCUT2D eigenvalue weighted by Gasteiger charge is -2.21. The molecule has 0 aliphatic carbocycles. The quantitative estimate of drug-likeness (QED) is 0.797. The summed E-state index contributed by atoms with van der Waals surface area (Å²) in [6.45, 7) is 8.14. The number of hydrogen-bond donors (Lipinski definition) is 1. The van der Waals surface area contributed by atoms with Gasteiger partial charge in [-0.2, -0.15) is 5.10 Å². The number of benzene rings is 1. The van der Waals surface area contributed by atoms with Crippen LogP contribution < -0.4 is 10.3 Å². The molecule has 0 radical (unpaired) electrons. The Morgan fingerprint density at radius 3 is 2.50 bits per heavy atom. The summed E-state index contributed by atoms with van der Waals surface area (Å²) in [4.78, 5) is 12.3. The highest BCUT2D eigenvalue weighted by atomic mass is 35.5. The summed E-state index contributed by atoms with van der Waals surface area (Å²) in [5.41, 5.74) is 1.11. The summed E-state index contributed by atoms with van der Waals surface area (Å²) < 4.78 is 12.5. The van der Waals surface area contributed by atoms with E-state index in [4.69, 9.17) is 26.2 Å². The molecule has 0 saturated heterocycles. The van der Waals surface area contributed by atoms with Crippen molar-refractivity contribution in [2.24, 2.45) is 0 Å². The molecule has 0 fully saturated rings. The molecule has 0 saturated carbocycles. The van der Waals surface area contributed by atoms with E-state index in [0.29, 0.717) is 6.61 Å². The monoisotopic (exact) mass is 380 g/mol. The van der Waals surface area contributed by atoms with E-state index in [1.807, 2.05) is 52.0 Å². The molecule has 6 nitrogen and oxygen atoms in total. The van der Waals surface area contributed by atoms with Gasteiger partial charge in [0.25, 0.3) is 5.56 Å². The summed E-state index contributed by atoms with van der Waals surface area (Å²) in [6.07, 6.45) is 1.37. The van der Waals surface area contributed by atoms with Crippen molar-refractivity contribution in [1.82, 2.24) is 9.78 Å². The van der Waals surface area contributed by atoms with Crippen molar-refractivity contribution in [1.29, 1.82) is 0 Å². The van der Waals surface area contributed by atoms with Gasteiger partial charge in [-0.3, -0.25) is 4.79 Å². The molecule has 1 aromatic carbocycles. The molecule has 2 rings (SSSR count). The predicted octanol–water partition coefficient (Wildman–Crippen LogP) is 3.30. The minimum absolute atomic E-state index is 0.000942. The highest BCUT2D eigenvalue weighted by molar-refractivity contribution is 6.31. The summed E-state index contributed by atoms with van der Waals surface area (Å²) >= 11 is 6.15. The molecule has 1 heterocycles. The maximum Gasteiger partial charge on any atom is 0.289 e. The first-order chi connectivity index (χ1) is 12.2. The lowest BCUT2D eigenvalue weighted by Crippen LogP contribution is -2.36. The van der Waals surface area contributed by atoms with Crippen molar-refractivity contribution in [2.75, 3.05) is 13.2 Å². The Bertz CT molecular complexity index is 782. The van der Waals surface area contributed by atoms with Crippen LogP contribution in [0.25, 0.3) is 0 Å². The highest BCUT2D eigenvalue weighted by Crippen LogP contribution is 2.22. The summed E-state index contributed by atoms with van der Waals surface area (Å²) in [6, 6.07) is 7.73. The summed E-state index contributed by atoms with van der Waals surface area (Å²) in [7, 11) is 0. The van der Waals surface area contributed by atoms with Gasteiger partial charge in [0.15, 0.2) is 10.8 Å². The first-order valence-corrected chi connectivity index (χ1v) is 8.84. The van der Waals surface area contributed by atoms with Crippen LogP contribution in [0.3, 0.4) is 0 Å². The fraction of sp³-hybridized carbons (Fsp3) is 0.474. The third-order valence-corrected chi connectivity index (χ3v) is 4.17. The zero-order valence-corrected chi connectivity index (χ0v) is 16.3. The van der Waals surface area contributed by atoms with E-state index in [9.17, 15) is 4.79 Å². The van der Waals surface area contributed by atoms with Gasteiger partial charge < -0.3 is 14.6 Å². The molecule has 142 valence electrons. The molecule has 1 atom stereocenters. The molecule has 1 unspecified atom stereocenters. The minimum Gasteiger partial charge on any atom is -0.485 e. The fourth-order valence-corrected chi connectivity index (χ4v) is 2.55. The average molecular weight is 381 g/mol. The first kappa shape index (κ1) is 20.4. The van der Waals surface area contributed by atoms with Crippen LogP contribution in [0.5, 0.6) is 5.75 Å². The van der Waals surface area contributed by atoms with E-state index in [1.54, 1.807) is 0 Å². The molecule has 1 aromatic heterocycles. The largest absolute Gasteiger partial charge is 0.485 e. The van der Waals surface area contributed by atoms with E-state index in [-0.39, 0.29) is 35.6 Å². The number of rotatable bonds is 7. The van der Waals surface area contributed by atoms with Gasteiger partial charge in [-0.15, -0.1) is 0 Å². The van der Waals surface area contributed by atoms with Gasteiger partial charge in [0.2, 0.25) is 0 Å². The molecule has 0 spiro atoms. The Morgan fingerprint density at radius 1 is 1.27 bits per heavy atom. The lowest BCUT2D eigenvalue weighted by atomic mass is 10.1. The summed E-state index contributed by atoms with van der Waals surface area (Å²) in [5, 5.41) is 13.0. The van der Waals surface area contributed by atoms with Gasteiger partial charge in [0.05, 0.1) is 31.1 Å². The van der Waals surface area contributed by atoms with Gasteiger partial charge >= 0.3 is 0 Å².